The Balaban J connectivity index is 4.03. The Hall–Kier alpha value is -1.70. The second-order valence-electron chi connectivity index (χ2n) is 13.2. The van der Waals surface area contributed by atoms with Crippen LogP contribution in [0, 0.1) is 0 Å². The zero-order valence-corrected chi connectivity index (χ0v) is 31.2. The number of rotatable bonds is 34. The van der Waals surface area contributed by atoms with Gasteiger partial charge in [0, 0.05) is 6.42 Å². The molecule has 47 heavy (non-hydrogen) atoms. The van der Waals surface area contributed by atoms with E-state index in [1.165, 1.54) is 102 Å². The Morgan fingerprint density at radius 1 is 0.574 bits per heavy atom. The fraction of sp³-hybridized carbons (Fsp3) is 0.775. The Morgan fingerprint density at radius 3 is 1.53 bits per heavy atom. The highest BCUT2D eigenvalue weighted by molar-refractivity contribution is 7.85. The maximum absolute atomic E-state index is 12.5. The van der Waals surface area contributed by atoms with Crippen molar-refractivity contribution in [1.29, 1.82) is 0 Å². The van der Waals surface area contributed by atoms with Crippen LogP contribution in [0.1, 0.15) is 181 Å². The minimum Gasteiger partial charge on any atom is -0.387 e. The van der Waals surface area contributed by atoms with Crippen molar-refractivity contribution >= 4 is 16.0 Å². The number of unbranched alkanes of at least 4 members (excludes halogenated alkanes) is 20. The van der Waals surface area contributed by atoms with Crippen molar-refractivity contribution in [1.82, 2.24) is 5.32 Å². The first-order chi connectivity index (χ1) is 22.8. The lowest BCUT2D eigenvalue weighted by Crippen LogP contribution is -2.46. The molecule has 0 aliphatic carbocycles. The van der Waals surface area contributed by atoms with Crippen molar-refractivity contribution in [2.45, 2.75) is 193 Å². The molecular weight excluding hydrogens is 607 g/mol. The maximum atomic E-state index is 12.5. The van der Waals surface area contributed by atoms with Crippen LogP contribution in [0.4, 0.5) is 0 Å². The van der Waals surface area contributed by atoms with Gasteiger partial charge in [-0.15, -0.1) is 0 Å². The zero-order chi connectivity index (χ0) is 34.7. The summed E-state index contributed by atoms with van der Waals surface area (Å²) in [4.78, 5) is 12.5. The van der Waals surface area contributed by atoms with Crippen molar-refractivity contribution in [2.75, 3.05) is 5.75 Å². The highest BCUT2D eigenvalue weighted by Gasteiger charge is 2.24. The fourth-order valence-electron chi connectivity index (χ4n) is 5.54. The zero-order valence-electron chi connectivity index (χ0n) is 30.4. The molecule has 0 heterocycles. The third kappa shape index (κ3) is 35.4. The van der Waals surface area contributed by atoms with Gasteiger partial charge in [-0.05, 0) is 57.8 Å². The molecule has 0 saturated carbocycles. The Kier molecular flexibility index (Phi) is 32.9. The number of aliphatic hydroxyl groups excluding tert-OH is 1. The van der Waals surface area contributed by atoms with E-state index < -0.39 is 28.0 Å². The molecule has 1 amide bonds. The molecule has 0 aromatic carbocycles. The average molecular weight is 680 g/mol. The van der Waals surface area contributed by atoms with E-state index in [0.717, 1.165) is 51.4 Å². The first-order valence-electron chi connectivity index (χ1n) is 19.3. The predicted octanol–water partition coefficient (Wildman–Crippen LogP) is 11.1. The summed E-state index contributed by atoms with van der Waals surface area (Å²) < 4.78 is 32.4. The minimum atomic E-state index is -4.36. The largest absolute Gasteiger partial charge is 0.387 e. The molecule has 6 nitrogen and oxygen atoms in total. The van der Waals surface area contributed by atoms with Gasteiger partial charge < -0.3 is 10.4 Å². The number of carbonyl (C=O) groups is 1. The Labute approximate surface area is 290 Å². The van der Waals surface area contributed by atoms with Crippen molar-refractivity contribution < 1.29 is 22.9 Å². The van der Waals surface area contributed by atoms with E-state index >= 15 is 0 Å². The molecule has 3 N–H and O–H groups in total. The summed E-state index contributed by atoms with van der Waals surface area (Å²) >= 11 is 0. The van der Waals surface area contributed by atoms with Crippen LogP contribution in [0.25, 0.3) is 0 Å². The first-order valence-corrected chi connectivity index (χ1v) is 20.9. The van der Waals surface area contributed by atoms with Gasteiger partial charge >= 0.3 is 0 Å². The summed E-state index contributed by atoms with van der Waals surface area (Å²) in [6.07, 6.45) is 45.2. The van der Waals surface area contributed by atoms with Crippen LogP contribution >= 0.6 is 0 Å². The van der Waals surface area contributed by atoms with Gasteiger partial charge in [0.05, 0.1) is 17.9 Å². The van der Waals surface area contributed by atoms with E-state index in [4.69, 9.17) is 0 Å². The van der Waals surface area contributed by atoms with Crippen LogP contribution in [0.15, 0.2) is 48.6 Å². The molecule has 0 aromatic rings. The van der Waals surface area contributed by atoms with E-state index in [-0.39, 0.29) is 12.3 Å². The van der Waals surface area contributed by atoms with E-state index in [2.05, 4.69) is 55.6 Å². The van der Waals surface area contributed by atoms with E-state index in [0.29, 0.717) is 12.8 Å². The van der Waals surface area contributed by atoms with Gasteiger partial charge in [-0.1, -0.05) is 165 Å². The van der Waals surface area contributed by atoms with Crippen molar-refractivity contribution in [3.05, 3.63) is 48.6 Å². The van der Waals surface area contributed by atoms with Crippen LogP contribution < -0.4 is 5.32 Å². The van der Waals surface area contributed by atoms with Gasteiger partial charge in [0.1, 0.15) is 0 Å². The SMILES string of the molecule is CCCC/C=C\C/C=C\CCCCCCCC(=O)NC(CS(=O)(=O)O)C(O)/C=C/CC/C=C/CCCCCCCCCCCCCC. The lowest BCUT2D eigenvalue weighted by molar-refractivity contribution is -0.122. The van der Waals surface area contributed by atoms with Crippen molar-refractivity contribution in [3.63, 3.8) is 0 Å². The summed E-state index contributed by atoms with van der Waals surface area (Å²) in [5.74, 6) is -1.02. The number of allylic oxidation sites excluding steroid dienone is 7. The molecular formula is C40H73NO5S. The smallest absolute Gasteiger partial charge is 0.267 e. The first kappa shape index (κ1) is 45.3. The standard InChI is InChI=1S/C40H73NO5S/c1-3-5-7-9-11-13-15-17-19-20-21-22-23-25-27-29-31-33-35-39(42)38(37-47(44,45)46)41-40(43)36-34-32-30-28-26-24-18-16-14-12-10-8-6-4-2/h10,12,16,18,25,27,33,35,38-39,42H,3-9,11,13-15,17,19-24,26,28-32,34,36-37H2,1-2H3,(H,41,43)(H,44,45,46)/b12-10-,18-16-,27-25+,35-33+. The monoisotopic (exact) mass is 680 g/mol. The number of hydrogen-bond donors (Lipinski definition) is 3. The fourth-order valence-corrected chi connectivity index (χ4v) is 6.27. The number of amides is 1. The number of nitrogens with one attached hydrogen (secondary N) is 1. The van der Waals surface area contributed by atoms with Gasteiger partial charge in [0.15, 0.2) is 0 Å². The van der Waals surface area contributed by atoms with Gasteiger partial charge in [-0.3, -0.25) is 9.35 Å². The highest BCUT2D eigenvalue weighted by Crippen LogP contribution is 2.13. The number of aliphatic hydroxyl groups is 1. The number of hydrogen-bond acceptors (Lipinski definition) is 4. The number of carbonyl (C=O) groups excluding carboxylic acids is 1. The molecule has 0 aliphatic heterocycles. The van der Waals surface area contributed by atoms with Gasteiger partial charge in [-0.2, -0.15) is 8.42 Å². The molecule has 7 heteroatoms. The van der Waals surface area contributed by atoms with Gasteiger partial charge in [0.2, 0.25) is 5.91 Å². The normalized spacial score (nSPS) is 13.9. The molecule has 0 fully saturated rings. The predicted molar refractivity (Wildman–Crippen MR) is 202 cm³/mol. The Bertz CT molecular complexity index is 925. The summed E-state index contributed by atoms with van der Waals surface area (Å²) in [6.45, 7) is 4.47. The van der Waals surface area contributed by atoms with Crippen LogP contribution in [-0.2, 0) is 14.9 Å². The molecule has 0 bridgehead atoms. The second-order valence-corrected chi connectivity index (χ2v) is 14.7. The topological polar surface area (TPSA) is 104 Å². The summed E-state index contributed by atoms with van der Waals surface area (Å²) in [7, 11) is -4.36. The van der Waals surface area contributed by atoms with Crippen LogP contribution in [0.5, 0.6) is 0 Å². The molecule has 274 valence electrons. The lowest BCUT2D eigenvalue weighted by atomic mass is 10.0. The summed E-state index contributed by atoms with van der Waals surface area (Å²) in [6, 6.07) is -1.08. The summed E-state index contributed by atoms with van der Waals surface area (Å²) in [5.41, 5.74) is 0. The Morgan fingerprint density at radius 2 is 1.00 bits per heavy atom. The van der Waals surface area contributed by atoms with Crippen LogP contribution in [0.2, 0.25) is 0 Å². The van der Waals surface area contributed by atoms with Crippen molar-refractivity contribution in [2.24, 2.45) is 0 Å². The van der Waals surface area contributed by atoms with E-state index in [9.17, 15) is 22.9 Å². The second kappa shape index (κ2) is 34.2. The minimum absolute atomic E-state index is 0.271. The van der Waals surface area contributed by atoms with E-state index in [1.54, 1.807) is 0 Å². The average Bonchev–Trinajstić information content (AvgIpc) is 3.03. The van der Waals surface area contributed by atoms with Gasteiger partial charge in [0.25, 0.3) is 10.1 Å². The molecule has 2 unspecified atom stereocenters. The quantitative estimate of drug-likeness (QED) is 0.0357. The summed E-state index contributed by atoms with van der Waals surface area (Å²) in [5, 5.41) is 13.2. The molecule has 0 aliphatic rings. The van der Waals surface area contributed by atoms with Crippen LogP contribution in [-0.4, -0.2) is 41.9 Å². The maximum Gasteiger partial charge on any atom is 0.267 e. The van der Waals surface area contributed by atoms with Crippen LogP contribution in [0.3, 0.4) is 0 Å². The highest BCUT2D eigenvalue weighted by atomic mass is 32.2. The molecule has 0 aromatic heterocycles. The third-order valence-electron chi connectivity index (χ3n) is 8.48. The molecule has 2 atom stereocenters. The third-order valence-corrected chi connectivity index (χ3v) is 9.26. The van der Waals surface area contributed by atoms with E-state index in [1.807, 2.05) is 6.08 Å². The molecule has 0 saturated heterocycles. The van der Waals surface area contributed by atoms with Gasteiger partial charge in [-0.25, -0.2) is 0 Å². The molecule has 0 rings (SSSR count). The molecule has 0 radical (unpaired) electrons. The molecule has 0 spiro atoms. The van der Waals surface area contributed by atoms with Crippen molar-refractivity contribution in [3.8, 4) is 0 Å². The lowest BCUT2D eigenvalue weighted by Gasteiger charge is -2.21.